The Morgan fingerprint density at radius 2 is 1.55 bits per heavy atom. The molecule has 31 heavy (non-hydrogen) atoms. The zero-order valence-electron chi connectivity index (χ0n) is 17.1. The number of carbonyl (C=O) groups excluding carboxylic acids is 2. The van der Waals surface area contributed by atoms with Gasteiger partial charge in [0.05, 0.1) is 0 Å². The number of rotatable bonds is 7. The molecule has 2 amide bonds. The average Bonchev–Trinajstić information content (AvgIpc) is 2.79. The monoisotopic (exact) mass is 422 g/mol. The Kier molecular flexibility index (Phi) is 7.43. The first-order valence-electron chi connectivity index (χ1n) is 10.3. The first kappa shape index (κ1) is 22.1. The number of phenols is 1. The number of hydrogen-bond acceptors (Lipinski definition) is 4. The quantitative estimate of drug-likeness (QED) is 0.512. The van der Waals surface area contributed by atoms with E-state index in [9.17, 15) is 24.6 Å². The lowest BCUT2D eigenvalue weighted by Gasteiger charge is -2.22. The molecule has 1 aliphatic carbocycles. The third-order valence-electron chi connectivity index (χ3n) is 5.29. The van der Waals surface area contributed by atoms with Crippen LogP contribution in [0, 0.1) is 0 Å². The molecule has 4 N–H and O–H groups in total. The maximum atomic E-state index is 13.1. The third-order valence-corrected chi connectivity index (χ3v) is 5.29. The summed E-state index contributed by atoms with van der Waals surface area (Å²) in [6, 6.07) is 13.5. The van der Waals surface area contributed by atoms with E-state index in [4.69, 9.17) is 0 Å². The normalized spacial score (nSPS) is 14.4. The molecule has 0 spiro atoms. The van der Waals surface area contributed by atoms with Gasteiger partial charge < -0.3 is 20.8 Å². The van der Waals surface area contributed by atoms with Crippen LogP contribution in [0.5, 0.6) is 5.75 Å². The minimum Gasteiger partial charge on any atom is -0.508 e. The molecule has 7 heteroatoms. The minimum absolute atomic E-state index is 0.0522. The fourth-order valence-electron chi connectivity index (χ4n) is 3.61. The van der Waals surface area contributed by atoms with E-state index >= 15 is 0 Å². The van der Waals surface area contributed by atoms with Crippen molar-refractivity contribution < 1.29 is 24.6 Å². The first-order valence-corrected chi connectivity index (χ1v) is 10.3. The fraction of sp³-hybridized carbons (Fsp3) is 0.292. The van der Waals surface area contributed by atoms with Gasteiger partial charge in [0.1, 0.15) is 17.5 Å². The van der Waals surface area contributed by atoms with Gasteiger partial charge in [-0.05, 0) is 61.1 Å². The minimum atomic E-state index is -1.18. The number of carbonyl (C=O) groups is 3. The highest BCUT2D eigenvalue weighted by Gasteiger charge is 2.26. The first-order chi connectivity index (χ1) is 14.9. The lowest BCUT2D eigenvalue weighted by atomic mass is 9.92. The van der Waals surface area contributed by atoms with Gasteiger partial charge in [-0.15, -0.1) is 0 Å². The van der Waals surface area contributed by atoms with E-state index in [1.54, 1.807) is 42.5 Å². The van der Waals surface area contributed by atoms with Gasteiger partial charge in [-0.1, -0.05) is 36.8 Å². The number of allylic oxidation sites excluding steroid dienone is 1. The van der Waals surface area contributed by atoms with Crippen molar-refractivity contribution in [1.82, 2.24) is 10.6 Å². The molecule has 162 valence electrons. The number of hydrogen-bond donors (Lipinski definition) is 4. The Hall–Kier alpha value is -3.61. The van der Waals surface area contributed by atoms with Crippen molar-refractivity contribution in [3.05, 3.63) is 77.0 Å². The van der Waals surface area contributed by atoms with Crippen LogP contribution in [0.2, 0.25) is 0 Å². The summed E-state index contributed by atoms with van der Waals surface area (Å²) in [6.45, 7) is 0. The SMILES string of the molecule is O=C(N[C@@H](Cc1ccc(O)cc1)C(=O)O)C(NC(=O)c1ccccc1)=C1CCCCC1. The molecule has 0 heterocycles. The Balaban J connectivity index is 1.80. The largest absolute Gasteiger partial charge is 0.508 e. The Bertz CT molecular complexity index is 959. The lowest BCUT2D eigenvalue weighted by Crippen LogP contribution is -2.46. The van der Waals surface area contributed by atoms with Crippen LogP contribution in [-0.4, -0.2) is 34.0 Å². The van der Waals surface area contributed by atoms with Gasteiger partial charge in [0.25, 0.3) is 11.8 Å². The number of amides is 2. The Labute approximate surface area is 180 Å². The predicted octanol–water partition coefficient (Wildman–Crippen LogP) is 3.15. The number of phenolic OH excluding ortho intramolecular Hbond substituents is 1. The number of nitrogens with one attached hydrogen (secondary N) is 2. The van der Waals surface area contributed by atoms with E-state index in [1.807, 2.05) is 0 Å². The summed E-state index contributed by atoms with van der Waals surface area (Å²) in [7, 11) is 0. The lowest BCUT2D eigenvalue weighted by molar-refractivity contribution is -0.141. The average molecular weight is 422 g/mol. The topological polar surface area (TPSA) is 116 Å². The summed E-state index contributed by atoms with van der Waals surface area (Å²) < 4.78 is 0. The van der Waals surface area contributed by atoms with Crippen LogP contribution >= 0.6 is 0 Å². The van der Waals surface area contributed by atoms with E-state index in [2.05, 4.69) is 10.6 Å². The van der Waals surface area contributed by atoms with E-state index < -0.39 is 23.8 Å². The molecule has 1 saturated carbocycles. The molecule has 0 saturated heterocycles. The molecule has 3 rings (SSSR count). The van der Waals surface area contributed by atoms with E-state index in [-0.39, 0.29) is 17.9 Å². The fourth-order valence-corrected chi connectivity index (χ4v) is 3.61. The van der Waals surface area contributed by atoms with Crippen molar-refractivity contribution >= 4 is 17.8 Å². The number of benzene rings is 2. The summed E-state index contributed by atoms with van der Waals surface area (Å²) in [6.07, 6.45) is 4.33. The Morgan fingerprint density at radius 3 is 2.16 bits per heavy atom. The molecule has 1 fully saturated rings. The summed E-state index contributed by atoms with van der Waals surface area (Å²) >= 11 is 0. The zero-order valence-corrected chi connectivity index (χ0v) is 17.1. The van der Waals surface area contributed by atoms with Gasteiger partial charge in [-0.25, -0.2) is 4.79 Å². The van der Waals surface area contributed by atoms with Crippen molar-refractivity contribution in [2.24, 2.45) is 0 Å². The molecule has 7 nitrogen and oxygen atoms in total. The zero-order chi connectivity index (χ0) is 22.2. The van der Waals surface area contributed by atoms with Gasteiger partial charge in [0.15, 0.2) is 0 Å². The summed E-state index contributed by atoms with van der Waals surface area (Å²) in [4.78, 5) is 37.5. The Morgan fingerprint density at radius 1 is 0.903 bits per heavy atom. The maximum Gasteiger partial charge on any atom is 0.326 e. The molecule has 0 unspecified atom stereocenters. The van der Waals surface area contributed by atoms with Crippen molar-refractivity contribution in [2.75, 3.05) is 0 Å². The molecule has 1 atom stereocenters. The van der Waals surface area contributed by atoms with Gasteiger partial charge in [-0.2, -0.15) is 0 Å². The van der Waals surface area contributed by atoms with Gasteiger partial charge in [-0.3, -0.25) is 9.59 Å². The van der Waals surface area contributed by atoms with Crippen molar-refractivity contribution in [1.29, 1.82) is 0 Å². The molecule has 1 aliphatic rings. The van der Waals surface area contributed by atoms with Crippen LogP contribution in [0.4, 0.5) is 0 Å². The molecular weight excluding hydrogens is 396 g/mol. The summed E-state index contributed by atoms with van der Waals surface area (Å²) in [5.74, 6) is -2.11. The van der Waals surface area contributed by atoms with Crippen molar-refractivity contribution in [2.45, 2.75) is 44.6 Å². The number of aliphatic carboxylic acids is 1. The molecule has 0 aromatic heterocycles. The number of carboxylic acids is 1. The highest BCUT2D eigenvalue weighted by Crippen LogP contribution is 2.25. The second-order valence-electron chi connectivity index (χ2n) is 7.59. The van der Waals surface area contributed by atoms with Crippen LogP contribution in [-0.2, 0) is 16.0 Å². The van der Waals surface area contributed by atoms with Crippen LogP contribution < -0.4 is 10.6 Å². The van der Waals surface area contributed by atoms with Crippen LogP contribution in [0.15, 0.2) is 65.9 Å². The van der Waals surface area contributed by atoms with Crippen LogP contribution in [0.25, 0.3) is 0 Å². The van der Waals surface area contributed by atoms with E-state index in [1.165, 1.54) is 12.1 Å². The molecule has 0 aliphatic heterocycles. The summed E-state index contributed by atoms with van der Waals surface area (Å²) in [5.41, 5.74) is 2.06. The van der Waals surface area contributed by atoms with Crippen molar-refractivity contribution in [3.8, 4) is 5.75 Å². The molecule has 2 aromatic rings. The smallest absolute Gasteiger partial charge is 0.326 e. The second-order valence-corrected chi connectivity index (χ2v) is 7.59. The standard InChI is InChI=1S/C24H26N2O5/c27-19-13-11-16(12-14-19)15-20(24(30)31)25-23(29)21(17-7-3-1-4-8-17)26-22(28)18-9-5-2-6-10-18/h2,5-6,9-14,20,27H,1,3-4,7-8,15H2,(H,25,29)(H,26,28)(H,30,31)/t20-/m0/s1. The van der Waals surface area contributed by atoms with Crippen LogP contribution in [0.1, 0.15) is 48.0 Å². The maximum absolute atomic E-state index is 13.1. The molecular formula is C24H26N2O5. The van der Waals surface area contributed by atoms with Gasteiger partial charge in [0.2, 0.25) is 0 Å². The second kappa shape index (κ2) is 10.4. The highest BCUT2D eigenvalue weighted by molar-refractivity contribution is 6.04. The molecule has 2 aromatic carbocycles. The van der Waals surface area contributed by atoms with E-state index in [0.717, 1.165) is 24.8 Å². The van der Waals surface area contributed by atoms with Crippen molar-refractivity contribution in [3.63, 3.8) is 0 Å². The van der Waals surface area contributed by atoms with E-state index in [0.29, 0.717) is 24.0 Å². The van der Waals surface area contributed by atoms with Gasteiger partial charge >= 0.3 is 5.97 Å². The number of aromatic hydroxyl groups is 1. The molecule has 0 bridgehead atoms. The van der Waals surface area contributed by atoms with Gasteiger partial charge in [0, 0.05) is 12.0 Å². The predicted molar refractivity (Wildman–Crippen MR) is 115 cm³/mol. The number of carboxylic acid groups (broad SMARTS) is 1. The molecule has 0 radical (unpaired) electrons. The summed E-state index contributed by atoms with van der Waals surface area (Å²) in [5, 5.41) is 24.3. The van der Waals surface area contributed by atoms with Crippen LogP contribution in [0.3, 0.4) is 0 Å². The highest BCUT2D eigenvalue weighted by atomic mass is 16.4. The third kappa shape index (κ3) is 6.18.